The normalized spacial score (nSPS) is 30.8. The van der Waals surface area contributed by atoms with Gasteiger partial charge in [-0.3, -0.25) is 9.59 Å². The maximum absolute atomic E-state index is 13.1. The van der Waals surface area contributed by atoms with E-state index in [1.807, 2.05) is 61.5 Å². The molecule has 2 aromatic rings. The first-order chi connectivity index (χ1) is 14.9. The topological polar surface area (TPSA) is 113 Å². The van der Waals surface area contributed by atoms with Gasteiger partial charge in [-0.1, -0.05) is 37.3 Å². The van der Waals surface area contributed by atoms with E-state index in [4.69, 9.17) is 10.5 Å². The van der Waals surface area contributed by atoms with Crippen molar-refractivity contribution < 1.29 is 19.4 Å². The van der Waals surface area contributed by atoms with Crippen LogP contribution in [-0.4, -0.2) is 23.4 Å². The largest absolute Gasteiger partial charge is 0.481 e. The number of hydrogen-bond donors (Lipinski definition) is 2. The van der Waals surface area contributed by atoms with E-state index in [-0.39, 0.29) is 24.2 Å². The van der Waals surface area contributed by atoms with Crippen LogP contribution in [-0.2, 0) is 16.0 Å². The second-order valence-electron chi connectivity index (χ2n) is 8.56. The number of benzene rings is 2. The molecule has 2 aliphatic carbocycles. The van der Waals surface area contributed by atoms with Crippen LogP contribution >= 0.6 is 0 Å². The Hall–Kier alpha value is -3.17. The zero-order chi connectivity index (χ0) is 22.2. The Balaban J connectivity index is 1.64. The highest BCUT2D eigenvalue weighted by molar-refractivity contribution is 5.94. The highest BCUT2D eigenvalue weighted by Crippen LogP contribution is 2.79. The number of nitrogens with two attached hydrogens (primary N) is 1. The molecule has 2 saturated carbocycles. The van der Waals surface area contributed by atoms with Crippen molar-refractivity contribution in [2.24, 2.45) is 34.3 Å². The lowest BCUT2D eigenvalue weighted by Crippen LogP contribution is -2.48. The third kappa shape index (κ3) is 3.03. The Morgan fingerprint density at radius 2 is 1.90 bits per heavy atom. The summed E-state index contributed by atoms with van der Waals surface area (Å²) < 4.78 is 5.92. The summed E-state index contributed by atoms with van der Waals surface area (Å²) >= 11 is 0. The van der Waals surface area contributed by atoms with Gasteiger partial charge < -0.3 is 15.6 Å². The van der Waals surface area contributed by atoms with Crippen LogP contribution in [0.2, 0.25) is 0 Å². The zero-order valence-corrected chi connectivity index (χ0v) is 17.5. The number of nitriles is 1. The Kier molecular flexibility index (Phi) is 5.32. The molecule has 0 saturated heterocycles. The molecule has 4 rings (SSSR count). The van der Waals surface area contributed by atoms with E-state index in [2.05, 4.69) is 6.07 Å². The van der Waals surface area contributed by atoms with Crippen LogP contribution in [0.5, 0.6) is 11.5 Å². The summed E-state index contributed by atoms with van der Waals surface area (Å²) in [7, 11) is 0. The average molecular weight is 418 g/mol. The van der Waals surface area contributed by atoms with Crippen molar-refractivity contribution >= 4 is 11.8 Å². The summed E-state index contributed by atoms with van der Waals surface area (Å²) in [6, 6.07) is 19.4. The molecule has 31 heavy (non-hydrogen) atoms. The fourth-order valence-electron chi connectivity index (χ4n) is 6.21. The lowest BCUT2D eigenvalue weighted by Gasteiger charge is -2.37. The summed E-state index contributed by atoms with van der Waals surface area (Å²) in [6.07, 6.45) is 1.51. The molecule has 0 aliphatic heterocycles. The van der Waals surface area contributed by atoms with Gasteiger partial charge in [-0.2, -0.15) is 5.26 Å². The third-order valence-corrected chi connectivity index (χ3v) is 7.41. The van der Waals surface area contributed by atoms with Crippen LogP contribution in [0, 0.1) is 39.9 Å². The standard InChI is InChI=1S/C25H26N2O4/c1-2-24-20(22(24)23(29)30)13-17(25(24,15-27)21(28)14-26)11-16-7-6-10-19(12-16)31-18-8-4-3-5-9-18/h3-10,12,17,20,22H,2,11,13-14,26H2,1H3,(H,29,30). The molecule has 2 fully saturated rings. The Morgan fingerprint density at radius 3 is 2.52 bits per heavy atom. The summed E-state index contributed by atoms with van der Waals surface area (Å²) in [6.45, 7) is 1.62. The van der Waals surface area contributed by atoms with Gasteiger partial charge in [0.15, 0.2) is 5.78 Å². The fraction of sp³-hybridized carbons (Fsp3) is 0.400. The second kappa shape index (κ2) is 7.82. The number of Topliss-reactive ketones (excluding diaryl/α,β-unsaturated/α-hetero) is 1. The molecule has 6 heteroatoms. The van der Waals surface area contributed by atoms with Gasteiger partial charge in [0.1, 0.15) is 16.9 Å². The highest BCUT2D eigenvalue weighted by atomic mass is 16.5. The van der Waals surface area contributed by atoms with Gasteiger partial charge >= 0.3 is 5.97 Å². The van der Waals surface area contributed by atoms with Crippen molar-refractivity contribution in [1.82, 2.24) is 0 Å². The number of carbonyl (C=O) groups is 2. The molecule has 0 amide bonds. The number of carboxylic acid groups (broad SMARTS) is 1. The smallest absolute Gasteiger partial charge is 0.307 e. The van der Waals surface area contributed by atoms with Gasteiger partial charge in [0, 0.05) is 5.41 Å². The number of ether oxygens (including phenoxy) is 1. The predicted molar refractivity (Wildman–Crippen MR) is 114 cm³/mol. The lowest BCUT2D eigenvalue weighted by atomic mass is 9.61. The van der Waals surface area contributed by atoms with Crippen molar-refractivity contribution in [3.63, 3.8) is 0 Å². The van der Waals surface area contributed by atoms with Gasteiger partial charge in [0.05, 0.1) is 18.5 Å². The number of hydrogen-bond acceptors (Lipinski definition) is 5. The molecule has 0 aromatic heterocycles. The lowest BCUT2D eigenvalue weighted by molar-refractivity contribution is -0.142. The molecule has 5 unspecified atom stereocenters. The van der Waals surface area contributed by atoms with Crippen LogP contribution in [0.25, 0.3) is 0 Å². The maximum atomic E-state index is 13.1. The molecule has 160 valence electrons. The summed E-state index contributed by atoms with van der Waals surface area (Å²) in [4.78, 5) is 24.9. The van der Waals surface area contributed by atoms with Crippen LogP contribution in [0.4, 0.5) is 0 Å². The molecular weight excluding hydrogens is 392 g/mol. The van der Waals surface area contributed by atoms with E-state index in [1.54, 1.807) is 0 Å². The van der Waals surface area contributed by atoms with Crippen molar-refractivity contribution in [2.45, 2.75) is 26.2 Å². The number of para-hydroxylation sites is 1. The molecule has 0 radical (unpaired) electrons. The third-order valence-electron chi connectivity index (χ3n) is 7.41. The monoisotopic (exact) mass is 418 g/mol. The van der Waals surface area contributed by atoms with Crippen molar-refractivity contribution in [2.75, 3.05) is 6.54 Å². The van der Waals surface area contributed by atoms with Crippen LogP contribution < -0.4 is 10.5 Å². The number of nitrogens with zero attached hydrogens (tertiary/aromatic N) is 1. The van der Waals surface area contributed by atoms with E-state index in [0.29, 0.717) is 25.0 Å². The first-order valence-electron chi connectivity index (χ1n) is 10.6. The predicted octanol–water partition coefficient (Wildman–Crippen LogP) is 3.81. The van der Waals surface area contributed by atoms with Crippen LogP contribution in [0.1, 0.15) is 25.3 Å². The average Bonchev–Trinajstić information content (AvgIpc) is 3.35. The number of rotatable bonds is 8. The van der Waals surface area contributed by atoms with E-state index < -0.39 is 22.7 Å². The minimum Gasteiger partial charge on any atom is -0.481 e. The molecule has 0 heterocycles. The molecule has 2 aliphatic rings. The summed E-state index contributed by atoms with van der Waals surface area (Å²) in [5.74, 6) is -0.969. The van der Waals surface area contributed by atoms with Gasteiger partial charge in [-0.25, -0.2) is 0 Å². The number of fused-ring (bicyclic) bond motifs is 1. The summed E-state index contributed by atoms with van der Waals surface area (Å²) in [5, 5.41) is 20.0. The van der Waals surface area contributed by atoms with E-state index in [0.717, 1.165) is 11.3 Å². The molecule has 0 spiro atoms. The zero-order valence-electron chi connectivity index (χ0n) is 17.5. The molecular formula is C25H26N2O4. The SMILES string of the molecule is CCC12C(CC(Cc3cccc(Oc4ccccc4)c3)C1(C#N)C(=O)CN)C2C(=O)O. The quantitative estimate of drug-likeness (QED) is 0.674. The van der Waals surface area contributed by atoms with Crippen molar-refractivity contribution in [1.29, 1.82) is 5.26 Å². The second-order valence-corrected chi connectivity index (χ2v) is 8.56. The van der Waals surface area contributed by atoms with Gasteiger partial charge in [-0.15, -0.1) is 0 Å². The van der Waals surface area contributed by atoms with Gasteiger partial charge in [-0.05, 0) is 60.9 Å². The minimum atomic E-state index is -1.37. The molecule has 6 nitrogen and oxygen atoms in total. The van der Waals surface area contributed by atoms with Crippen LogP contribution in [0.15, 0.2) is 54.6 Å². The fourth-order valence-corrected chi connectivity index (χ4v) is 6.21. The molecule has 0 bridgehead atoms. The first-order valence-corrected chi connectivity index (χ1v) is 10.6. The maximum Gasteiger partial charge on any atom is 0.307 e. The summed E-state index contributed by atoms with van der Waals surface area (Å²) in [5.41, 5.74) is 4.47. The van der Waals surface area contributed by atoms with Crippen molar-refractivity contribution in [3.05, 3.63) is 60.2 Å². The molecule has 2 aromatic carbocycles. The number of aliphatic carboxylic acids is 1. The number of carboxylic acids is 1. The molecule has 3 N–H and O–H groups in total. The van der Waals surface area contributed by atoms with Crippen LogP contribution in [0.3, 0.4) is 0 Å². The van der Waals surface area contributed by atoms with E-state index in [1.165, 1.54) is 0 Å². The Morgan fingerprint density at radius 1 is 1.19 bits per heavy atom. The van der Waals surface area contributed by atoms with Crippen molar-refractivity contribution in [3.8, 4) is 17.6 Å². The van der Waals surface area contributed by atoms with Gasteiger partial charge in [0.2, 0.25) is 0 Å². The first kappa shape index (κ1) is 21.1. The van der Waals surface area contributed by atoms with E-state index in [9.17, 15) is 20.0 Å². The highest BCUT2D eigenvalue weighted by Gasteiger charge is 2.83. The number of carbonyl (C=O) groups excluding carboxylic acids is 1. The Bertz CT molecular complexity index is 1050. The number of ketones is 1. The van der Waals surface area contributed by atoms with E-state index >= 15 is 0 Å². The minimum absolute atomic E-state index is 0.168. The van der Waals surface area contributed by atoms with Gasteiger partial charge in [0.25, 0.3) is 0 Å². The molecule has 5 atom stereocenters. The Labute approximate surface area is 181 Å².